The highest BCUT2D eigenvalue weighted by atomic mass is 16.5. The topological polar surface area (TPSA) is 73.8 Å². The molecule has 0 radical (unpaired) electrons. The Hall–Kier alpha value is -1.88. The van der Waals surface area contributed by atoms with E-state index in [1.165, 1.54) is 7.11 Å². The number of hydrogen-bond acceptors (Lipinski definition) is 3. The number of primary amides is 1. The monoisotopic (exact) mass is 265 g/mol. The van der Waals surface area contributed by atoms with Gasteiger partial charge < -0.3 is 15.4 Å². The zero-order chi connectivity index (χ0) is 14.4. The van der Waals surface area contributed by atoms with Crippen LogP contribution in [-0.2, 0) is 16.1 Å². The van der Waals surface area contributed by atoms with Crippen molar-refractivity contribution in [1.82, 2.24) is 0 Å². The van der Waals surface area contributed by atoms with Crippen molar-refractivity contribution < 1.29 is 19.2 Å². The number of ether oxygens (including phenoxy) is 1. The Kier molecular flexibility index (Phi) is 5.51. The average molecular weight is 265 g/mol. The first-order chi connectivity index (χ1) is 8.93. The fraction of sp³-hybridized carbons (Fsp3) is 0.429. The highest BCUT2D eigenvalue weighted by molar-refractivity contribution is 5.89. The van der Waals surface area contributed by atoms with E-state index >= 15 is 0 Å². The quantitative estimate of drug-likeness (QED) is 0.697. The van der Waals surface area contributed by atoms with E-state index in [2.05, 4.69) is 4.74 Å². The van der Waals surface area contributed by atoms with Gasteiger partial charge in [0.2, 0.25) is 0 Å². The van der Waals surface area contributed by atoms with Crippen LogP contribution in [0, 0.1) is 0 Å². The molecule has 19 heavy (non-hydrogen) atoms. The van der Waals surface area contributed by atoms with Gasteiger partial charge in [-0.25, -0.2) is 4.79 Å². The lowest BCUT2D eigenvalue weighted by molar-refractivity contribution is -0.927. The molecule has 1 aromatic carbocycles. The molecule has 3 N–H and O–H groups in total. The van der Waals surface area contributed by atoms with E-state index in [1.54, 1.807) is 12.1 Å². The summed E-state index contributed by atoms with van der Waals surface area (Å²) in [5.41, 5.74) is 6.82. The minimum atomic E-state index is -0.350. The van der Waals surface area contributed by atoms with Gasteiger partial charge in [0.05, 0.1) is 18.7 Å². The van der Waals surface area contributed by atoms with Gasteiger partial charge in [-0.2, -0.15) is 0 Å². The first kappa shape index (κ1) is 15.2. The van der Waals surface area contributed by atoms with Crippen LogP contribution in [0.25, 0.3) is 0 Å². The van der Waals surface area contributed by atoms with Crippen molar-refractivity contribution in [2.24, 2.45) is 5.73 Å². The summed E-state index contributed by atoms with van der Waals surface area (Å²) in [5, 5.41) is 0. The number of carbonyl (C=O) groups is 2. The SMILES string of the molecule is COC(=O)c1ccc(C[NH+](CC(N)=O)C(C)C)cc1. The van der Waals surface area contributed by atoms with Gasteiger partial charge in [0.1, 0.15) is 6.54 Å². The van der Waals surface area contributed by atoms with Gasteiger partial charge in [0.25, 0.3) is 5.91 Å². The Morgan fingerprint density at radius 2 is 1.84 bits per heavy atom. The summed E-state index contributed by atoms with van der Waals surface area (Å²) in [6.45, 7) is 5.08. The largest absolute Gasteiger partial charge is 0.465 e. The summed E-state index contributed by atoms with van der Waals surface area (Å²) in [4.78, 5) is 23.4. The third-order valence-corrected chi connectivity index (χ3v) is 3.02. The van der Waals surface area contributed by atoms with Crippen LogP contribution < -0.4 is 10.6 Å². The van der Waals surface area contributed by atoms with Crippen LogP contribution in [0.5, 0.6) is 0 Å². The lowest BCUT2D eigenvalue weighted by Crippen LogP contribution is -3.14. The van der Waals surface area contributed by atoms with Crippen LogP contribution in [0.2, 0.25) is 0 Å². The molecule has 1 amide bonds. The third-order valence-electron chi connectivity index (χ3n) is 3.02. The molecule has 5 nitrogen and oxygen atoms in total. The Morgan fingerprint density at radius 3 is 2.26 bits per heavy atom. The minimum Gasteiger partial charge on any atom is -0.465 e. The summed E-state index contributed by atoms with van der Waals surface area (Å²) in [6, 6.07) is 7.49. The Bertz CT molecular complexity index is 441. The number of rotatable bonds is 6. The maximum Gasteiger partial charge on any atom is 0.337 e. The van der Waals surface area contributed by atoms with Crippen LogP contribution in [0.3, 0.4) is 0 Å². The molecule has 0 spiro atoms. The molecule has 1 aromatic rings. The molecule has 1 atom stereocenters. The number of nitrogens with one attached hydrogen (secondary N) is 1. The van der Waals surface area contributed by atoms with Crippen molar-refractivity contribution in [2.75, 3.05) is 13.7 Å². The lowest BCUT2D eigenvalue weighted by Gasteiger charge is -2.22. The number of methoxy groups -OCH3 is 1. The molecule has 0 saturated heterocycles. The summed E-state index contributed by atoms with van der Waals surface area (Å²) >= 11 is 0. The number of carbonyl (C=O) groups excluding carboxylic acids is 2. The molecule has 0 fully saturated rings. The van der Waals surface area contributed by atoms with Gasteiger partial charge in [0.15, 0.2) is 6.54 Å². The van der Waals surface area contributed by atoms with Crippen LogP contribution >= 0.6 is 0 Å². The zero-order valence-corrected chi connectivity index (χ0v) is 11.6. The number of esters is 1. The van der Waals surface area contributed by atoms with Crippen LogP contribution in [0.4, 0.5) is 0 Å². The van der Waals surface area contributed by atoms with E-state index in [0.717, 1.165) is 10.5 Å². The first-order valence-corrected chi connectivity index (χ1v) is 6.24. The predicted molar refractivity (Wildman–Crippen MR) is 71.6 cm³/mol. The number of hydrogen-bond donors (Lipinski definition) is 2. The second kappa shape index (κ2) is 6.89. The van der Waals surface area contributed by atoms with E-state index < -0.39 is 0 Å². The molecule has 0 aromatic heterocycles. The van der Waals surface area contributed by atoms with E-state index in [0.29, 0.717) is 24.7 Å². The number of quaternary nitrogens is 1. The summed E-state index contributed by atoms with van der Waals surface area (Å²) in [5.74, 6) is -0.661. The van der Waals surface area contributed by atoms with Crippen molar-refractivity contribution >= 4 is 11.9 Å². The van der Waals surface area contributed by atoms with Gasteiger partial charge >= 0.3 is 5.97 Å². The number of benzene rings is 1. The summed E-state index contributed by atoms with van der Waals surface area (Å²) in [7, 11) is 1.35. The molecule has 0 aliphatic rings. The zero-order valence-electron chi connectivity index (χ0n) is 11.6. The second-order valence-electron chi connectivity index (χ2n) is 4.82. The lowest BCUT2D eigenvalue weighted by atomic mass is 10.1. The van der Waals surface area contributed by atoms with Crippen molar-refractivity contribution in [2.45, 2.75) is 26.4 Å². The molecular formula is C14H21N2O3+. The first-order valence-electron chi connectivity index (χ1n) is 6.24. The van der Waals surface area contributed by atoms with E-state index in [4.69, 9.17) is 5.73 Å². The molecule has 0 heterocycles. The van der Waals surface area contributed by atoms with E-state index in [1.807, 2.05) is 26.0 Å². The molecule has 1 unspecified atom stereocenters. The Balaban J connectivity index is 2.74. The van der Waals surface area contributed by atoms with Gasteiger partial charge in [-0.15, -0.1) is 0 Å². The average Bonchev–Trinajstić information content (AvgIpc) is 2.37. The van der Waals surface area contributed by atoms with Crippen molar-refractivity contribution in [3.05, 3.63) is 35.4 Å². The predicted octanol–water partition coefficient (Wildman–Crippen LogP) is -0.248. The molecule has 0 aliphatic carbocycles. The third kappa shape index (κ3) is 4.71. The highest BCUT2D eigenvalue weighted by Gasteiger charge is 2.16. The highest BCUT2D eigenvalue weighted by Crippen LogP contribution is 2.04. The Morgan fingerprint density at radius 1 is 1.26 bits per heavy atom. The smallest absolute Gasteiger partial charge is 0.337 e. The van der Waals surface area contributed by atoms with Crippen molar-refractivity contribution in [1.29, 1.82) is 0 Å². The van der Waals surface area contributed by atoms with Gasteiger partial charge in [0, 0.05) is 5.56 Å². The number of amides is 1. The van der Waals surface area contributed by atoms with Gasteiger partial charge in [-0.1, -0.05) is 12.1 Å². The summed E-state index contributed by atoms with van der Waals surface area (Å²) < 4.78 is 4.64. The van der Waals surface area contributed by atoms with Crippen molar-refractivity contribution in [3.8, 4) is 0 Å². The van der Waals surface area contributed by atoms with Crippen LogP contribution in [0.1, 0.15) is 29.8 Å². The molecule has 1 rings (SSSR count). The number of nitrogens with two attached hydrogens (primary N) is 1. The van der Waals surface area contributed by atoms with Crippen molar-refractivity contribution in [3.63, 3.8) is 0 Å². The molecule has 0 saturated carbocycles. The standard InChI is InChI=1S/C14H20N2O3/c1-10(2)16(9-13(15)17)8-11-4-6-12(7-5-11)14(18)19-3/h4-7,10H,8-9H2,1-3H3,(H2,15,17)/p+1. The molecule has 0 bridgehead atoms. The molecule has 104 valence electrons. The molecular weight excluding hydrogens is 244 g/mol. The van der Waals surface area contributed by atoms with E-state index in [-0.39, 0.29) is 11.9 Å². The molecule has 5 heteroatoms. The van der Waals surface area contributed by atoms with Crippen LogP contribution in [0.15, 0.2) is 24.3 Å². The summed E-state index contributed by atoms with van der Waals surface area (Å²) in [6.07, 6.45) is 0. The van der Waals surface area contributed by atoms with Crippen LogP contribution in [-0.4, -0.2) is 31.6 Å². The molecule has 0 aliphatic heterocycles. The fourth-order valence-corrected chi connectivity index (χ4v) is 1.83. The maximum absolute atomic E-state index is 11.3. The Labute approximate surface area is 113 Å². The second-order valence-corrected chi connectivity index (χ2v) is 4.82. The van der Waals surface area contributed by atoms with Gasteiger partial charge in [-0.05, 0) is 26.0 Å². The fourth-order valence-electron chi connectivity index (χ4n) is 1.83. The minimum absolute atomic E-state index is 0.299. The van der Waals surface area contributed by atoms with E-state index in [9.17, 15) is 9.59 Å². The maximum atomic E-state index is 11.3. The van der Waals surface area contributed by atoms with Gasteiger partial charge in [-0.3, -0.25) is 4.79 Å². The normalized spacial score (nSPS) is 12.2.